The van der Waals surface area contributed by atoms with Crippen LogP contribution >= 0.6 is 11.6 Å². The summed E-state index contributed by atoms with van der Waals surface area (Å²) in [5.74, 6) is -1.15. The fourth-order valence-corrected chi connectivity index (χ4v) is 1.02. The Morgan fingerprint density at radius 2 is 2.07 bits per heavy atom. The summed E-state index contributed by atoms with van der Waals surface area (Å²) in [6, 6.07) is 0. The van der Waals surface area contributed by atoms with Crippen molar-refractivity contribution in [3.63, 3.8) is 0 Å². The Kier molecular flexibility index (Phi) is 3.40. The number of nitrogens with two attached hydrogens (primary N) is 1. The van der Waals surface area contributed by atoms with Crippen LogP contribution in [-0.2, 0) is 4.79 Å². The number of hydrogen-bond acceptors (Lipinski definition) is 5. The van der Waals surface area contributed by atoms with Gasteiger partial charge in [-0.05, 0) is 0 Å². The summed E-state index contributed by atoms with van der Waals surface area (Å²) >= 11 is 5.64. The van der Waals surface area contributed by atoms with E-state index in [4.69, 9.17) is 17.3 Å². The van der Waals surface area contributed by atoms with Gasteiger partial charge in [-0.1, -0.05) is 11.6 Å². The smallest absolute Gasteiger partial charge is 0.276 e. The normalized spacial score (nSPS) is 9.47. The second-order valence-corrected chi connectivity index (χ2v) is 2.92. The zero-order valence-corrected chi connectivity index (χ0v) is 8.50. The minimum absolute atomic E-state index is 0.0575. The molecule has 0 saturated carbocycles. The van der Waals surface area contributed by atoms with Gasteiger partial charge < -0.3 is 5.73 Å². The van der Waals surface area contributed by atoms with Crippen LogP contribution in [0, 0.1) is 0 Å². The first-order valence-corrected chi connectivity index (χ1v) is 4.23. The van der Waals surface area contributed by atoms with Crippen molar-refractivity contribution in [3.8, 4) is 0 Å². The lowest BCUT2D eigenvalue weighted by atomic mass is 10.3. The Morgan fingerprint density at radius 1 is 1.40 bits per heavy atom. The first-order valence-electron chi connectivity index (χ1n) is 3.85. The van der Waals surface area contributed by atoms with Crippen molar-refractivity contribution in [1.29, 1.82) is 0 Å². The van der Waals surface area contributed by atoms with Gasteiger partial charge in [-0.25, -0.2) is 9.97 Å². The lowest BCUT2D eigenvalue weighted by Crippen LogP contribution is -2.40. The molecule has 1 aromatic rings. The maximum Gasteiger partial charge on any atom is 0.276 e. The minimum atomic E-state index is -0.673. The zero-order valence-electron chi connectivity index (χ0n) is 7.74. The molecule has 0 atom stereocenters. The number of hydrogen-bond donors (Lipinski definition) is 3. The highest BCUT2D eigenvalue weighted by Gasteiger charge is 2.15. The number of nitrogen functional groups attached to an aromatic ring is 1. The van der Waals surface area contributed by atoms with Crippen LogP contribution in [0.2, 0.25) is 5.15 Å². The molecule has 0 saturated heterocycles. The maximum atomic E-state index is 11.4. The molecule has 80 valence electrons. The third kappa shape index (κ3) is 2.78. The summed E-state index contributed by atoms with van der Waals surface area (Å²) in [6.45, 7) is 1.24. The van der Waals surface area contributed by atoms with Crippen LogP contribution in [-0.4, -0.2) is 21.8 Å². The number of carbonyl (C=O) groups excluding carboxylic acids is 2. The van der Waals surface area contributed by atoms with Gasteiger partial charge in [0.1, 0.15) is 22.9 Å². The highest BCUT2D eigenvalue weighted by Crippen LogP contribution is 2.16. The summed E-state index contributed by atoms with van der Waals surface area (Å²) in [4.78, 5) is 29.1. The number of rotatable bonds is 1. The number of hydrazine groups is 1. The molecule has 0 aliphatic rings. The molecule has 0 radical (unpaired) electrons. The van der Waals surface area contributed by atoms with Crippen molar-refractivity contribution in [2.75, 3.05) is 5.73 Å². The molecular formula is C7H8ClN5O2. The third-order valence-electron chi connectivity index (χ3n) is 1.41. The minimum Gasteiger partial charge on any atom is -0.383 e. The average Bonchev–Trinajstić information content (AvgIpc) is 2.14. The molecule has 0 spiro atoms. The van der Waals surface area contributed by atoms with Crippen molar-refractivity contribution < 1.29 is 9.59 Å². The number of aromatic nitrogens is 2. The molecule has 8 heteroatoms. The first-order chi connectivity index (χ1) is 7.02. The SMILES string of the molecule is CC(=O)NNC(=O)c1c(N)ncnc1Cl. The van der Waals surface area contributed by atoms with E-state index in [0.29, 0.717) is 0 Å². The highest BCUT2D eigenvalue weighted by atomic mass is 35.5. The number of nitrogens with zero attached hydrogens (tertiary/aromatic N) is 2. The van der Waals surface area contributed by atoms with Crippen molar-refractivity contribution in [3.05, 3.63) is 17.0 Å². The van der Waals surface area contributed by atoms with Crippen LogP contribution in [0.4, 0.5) is 5.82 Å². The molecule has 0 bridgehead atoms. The molecule has 0 aliphatic carbocycles. The fraction of sp³-hybridized carbons (Fsp3) is 0.143. The van der Waals surface area contributed by atoms with E-state index in [-0.39, 0.29) is 16.5 Å². The van der Waals surface area contributed by atoms with E-state index in [1.54, 1.807) is 0 Å². The predicted octanol–water partition coefficient (Wildman–Crippen LogP) is -0.507. The van der Waals surface area contributed by atoms with E-state index in [9.17, 15) is 9.59 Å². The van der Waals surface area contributed by atoms with Crippen LogP contribution in [0.3, 0.4) is 0 Å². The molecule has 0 aliphatic heterocycles. The van der Waals surface area contributed by atoms with E-state index >= 15 is 0 Å². The Morgan fingerprint density at radius 3 is 2.60 bits per heavy atom. The standard InChI is InChI=1S/C7H8ClN5O2/c1-3(14)12-13-7(15)4-5(8)10-2-11-6(4)9/h2H,1H3,(H,12,14)(H,13,15)(H2,9,10,11). The van der Waals surface area contributed by atoms with Gasteiger partial charge in [-0.15, -0.1) is 0 Å². The Labute approximate surface area is 90.0 Å². The number of carbonyl (C=O) groups is 2. The van der Waals surface area contributed by atoms with Gasteiger partial charge in [-0.3, -0.25) is 20.4 Å². The summed E-state index contributed by atoms with van der Waals surface area (Å²) in [5.41, 5.74) is 9.53. The molecule has 1 aromatic heterocycles. The van der Waals surface area contributed by atoms with Gasteiger partial charge in [-0.2, -0.15) is 0 Å². The van der Waals surface area contributed by atoms with Gasteiger partial charge in [0.05, 0.1) is 0 Å². The topological polar surface area (TPSA) is 110 Å². The Bertz CT molecular complexity index is 388. The highest BCUT2D eigenvalue weighted by molar-refractivity contribution is 6.33. The predicted molar refractivity (Wildman–Crippen MR) is 52.7 cm³/mol. The largest absolute Gasteiger partial charge is 0.383 e. The van der Waals surface area contributed by atoms with Gasteiger partial charge in [0, 0.05) is 6.92 Å². The van der Waals surface area contributed by atoms with E-state index < -0.39 is 11.8 Å². The average molecular weight is 230 g/mol. The monoisotopic (exact) mass is 229 g/mol. The van der Waals surface area contributed by atoms with Gasteiger partial charge in [0.15, 0.2) is 0 Å². The Balaban J connectivity index is 2.86. The first kappa shape index (κ1) is 11.2. The van der Waals surface area contributed by atoms with Crippen molar-refractivity contribution in [2.24, 2.45) is 0 Å². The van der Waals surface area contributed by atoms with Gasteiger partial charge in [0.25, 0.3) is 5.91 Å². The molecule has 1 rings (SSSR count). The van der Waals surface area contributed by atoms with Crippen LogP contribution in [0.1, 0.15) is 17.3 Å². The van der Waals surface area contributed by atoms with E-state index in [2.05, 4.69) is 20.8 Å². The van der Waals surface area contributed by atoms with Crippen molar-refractivity contribution in [2.45, 2.75) is 6.92 Å². The zero-order chi connectivity index (χ0) is 11.4. The second kappa shape index (κ2) is 4.56. The molecular weight excluding hydrogens is 222 g/mol. The van der Waals surface area contributed by atoms with Crippen LogP contribution in [0.15, 0.2) is 6.33 Å². The molecule has 2 amide bonds. The molecule has 0 aromatic carbocycles. The lowest BCUT2D eigenvalue weighted by molar-refractivity contribution is -0.119. The quantitative estimate of drug-likeness (QED) is 0.444. The van der Waals surface area contributed by atoms with E-state index in [1.165, 1.54) is 6.92 Å². The molecule has 0 fully saturated rings. The van der Waals surface area contributed by atoms with Crippen LogP contribution in [0.5, 0.6) is 0 Å². The summed E-state index contributed by atoms with van der Waals surface area (Å²) in [7, 11) is 0. The Hall–Kier alpha value is -1.89. The van der Waals surface area contributed by atoms with Gasteiger partial charge in [0.2, 0.25) is 5.91 Å². The van der Waals surface area contributed by atoms with Crippen LogP contribution in [0.25, 0.3) is 0 Å². The molecule has 7 nitrogen and oxygen atoms in total. The molecule has 4 N–H and O–H groups in total. The van der Waals surface area contributed by atoms with Crippen molar-refractivity contribution >= 4 is 29.2 Å². The number of anilines is 1. The fourth-order valence-electron chi connectivity index (χ4n) is 0.794. The molecule has 0 unspecified atom stereocenters. The molecule has 1 heterocycles. The van der Waals surface area contributed by atoms with Crippen molar-refractivity contribution in [1.82, 2.24) is 20.8 Å². The summed E-state index contributed by atoms with van der Waals surface area (Å²) < 4.78 is 0. The van der Waals surface area contributed by atoms with Gasteiger partial charge >= 0.3 is 0 Å². The van der Waals surface area contributed by atoms with E-state index in [0.717, 1.165) is 6.33 Å². The summed E-state index contributed by atoms with van der Waals surface area (Å²) in [6.07, 6.45) is 1.13. The second-order valence-electron chi connectivity index (χ2n) is 2.56. The lowest BCUT2D eigenvalue weighted by Gasteiger charge is -2.07. The number of amides is 2. The molecule has 15 heavy (non-hydrogen) atoms. The summed E-state index contributed by atoms with van der Waals surface area (Å²) in [5, 5.41) is -0.0784. The third-order valence-corrected chi connectivity index (χ3v) is 1.70. The van der Waals surface area contributed by atoms with E-state index in [1.807, 2.05) is 0 Å². The maximum absolute atomic E-state index is 11.4. The number of nitrogens with one attached hydrogen (secondary N) is 2. The van der Waals surface area contributed by atoms with Crippen LogP contribution < -0.4 is 16.6 Å². The number of halogens is 1.